The molecule has 1 saturated heterocycles. The first-order valence-electron chi connectivity index (χ1n) is 3.23. The van der Waals surface area contributed by atoms with Crippen LogP contribution in [0.4, 0.5) is 0 Å². The molecule has 3 heteroatoms. The Bertz CT molecular complexity index is 97.1. The molecule has 0 aromatic carbocycles. The second-order valence-electron chi connectivity index (χ2n) is 2.48. The van der Waals surface area contributed by atoms with Gasteiger partial charge in [0.25, 0.3) is 0 Å². The van der Waals surface area contributed by atoms with E-state index in [4.69, 9.17) is 0 Å². The molecule has 0 spiro atoms. The molecule has 2 atom stereocenters. The Labute approximate surface area is 64.7 Å². The van der Waals surface area contributed by atoms with Gasteiger partial charge in [-0.25, -0.2) is 0 Å². The molecule has 1 fully saturated rings. The fraction of sp³-hybridized carbons (Fsp3) is 1.00. The van der Waals surface area contributed by atoms with Crippen LogP contribution in [-0.4, -0.2) is 32.2 Å². The number of hydrogen-bond acceptors (Lipinski definition) is 2. The van der Waals surface area contributed by atoms with Crippen LogP contribution in [0.25, 0.3) is 0 Å². The van der Waals surface area contributed by atoms with E-state index in [2.05, 4.69) is 20.3 Å². The third-order valence-corrected chi connectivity index (χ3v) is 5.91. The summed E-state index contributed by atoms with van der Waals surface area (Å²) in [6.45, 7) is 3.46. The zero-order valence-corrected chi connectivity index (χ0v) is 8.47. The summed E-state index contributed by atoms with van der Waals surface area (Å²) in [6, 6.07) is 0.796. The van der Waals surface area contributed by atoms with Crippen LogP contribution >= 0.6 is 20.1 Å². The van der Waals surface area contributed by atoms with E-state index < -0.39 is 20.1 Å². The third kappa shape index (κ3) is 2.05. The molecule has 0 aromatic heterocycles. The third-order valence-electron chi connectivity index (χ3n) is 1.57. The fourth-order valence-corrected chi connectivity index (χ4v) is 5.99. The zero-order valence-electron chi connectivity index (χ0n) is 6.32. The van der Waals surface area contributed by atoms with Gasteiger partial charge in [0.1, 0.15) is 0 Å². The van der Waals surface area contributed by atoms with Gasteiger partial charge in [-0.2, -0.15) is 0 Å². The SMILES string of the molecule is CNCC(C)N1CI1C. The Morgan fingerprint density at radius 3 is 2.67 bits per heavy atom. The summed E-state index contributed by atoms with van der Waals surface area (Å²) in [6.07, 6.45) is 0. The topological polar surface area (TPSA) is 15.0 Å². The van der Waals surface area contributed by atoms with Crippen LogP contribution in [0, 0.1) is 0 Å². The van der Waals surface area contributed by atoms with Gasteiger partial charge in [-0.1, -0.05) is 0 Å². The number of halogens is 1. The summed E-state index contributed by atoms with van der Waals surface area (Å²) < 4.78 is 4.09. The average molecular weight is 242 g/mol. The molecular formula is C6H15IN2. The number of alkyl halides is 2. The van der Waals surface area contributed by atoms with Gasteiger partial charge in [0.05, 0.1) is 0 Å². The first-order valence-corrected chi connectivity index (χ1v) is 7.88. The molecule has 1 rings (SSSR count). The van der Waals surface area contributed by atoms with Gasteiger partial charge in [-0.15, -0.1) is 0 Å². The Balaban J connectivity index is 2.11. The van der Waals surface area contributed by atoms with Crippen LogP contribution in [0.5, 0.6) is 0 Å². The van der Waals surface area contributed by atoms with E-state index in [1.807, 2.05) is 7.05 Å². The molecule has 1 aliphatic heterocycles. The quantitative estimate of drug-likeness (QED) is 0.260. The molecule has 56 valence electrons. The summed E-state index contributed by atoms with van der Waals surface area (Å²) in [5.74, 6) is 0. The minimum absolute atomic E-state index is 0.446. The van der Waals surface area contributed by atoms with Crippen LogP contribution in [0.15, 0.2) is 0 Å². The van der Waals surface area contributed by atoms with Crippen molar-refractivity contribution in [1.82, 2.24) is 8.43 Å². The second kappa shape index (κ2) is 3.16. The summed E-state index contributed by atoms with van der Waals surface area (Å²) in [4.78, 5) is 2.43. The predicted molar refractivity (Wildman–Crippen MR) is 50.0 cm³/mol. The number of rotatable bonds is 3. The monoisotopic (exact) mass is 242 g/mol. The maximum atomic E-state index is 3.19. The van der Waals surface area contributed by atoms with Crippen molar-refractivity contribution < 1.29 is 0 Å². The zero-order chi connectivity index (χ0) is 6.85. The molecule has 1 heterocycles. The first-order chi connectivity index (χ1) is 4.25. The molecule has 0 amide bonds. The molecule has 0 saturated carbocycles. The summed E-state index contributed by atoms with van der Waals surface area (Å²) in [5, 5.41) is 3.19. The van der Waals surface area contributed by atoms with Gasteiger partial charge < -0.3 is 0 Å². The number of likely N-dealkylation sites (N-methyl/N-ethyl adjacent to an activating group) is 1. The van der Waals surface area contributed by atoms with Crippen LogP contribution in [0.1, 0.15) is 6.92 Å². The van der Waals surface area contributed by atoms with Crippen molar-refractivity contribution in [1.29, 1.82) is 0 Å². The van der Waals surface area contributed by atoms with Crippen molar-refractivity contribution in [2.45, 2.75) is 13.0 Å². The standard InChI is InChI=1S/C6H15IN2/c1-6(4-8-3)9-5-7(9)2/h6,8H,4-5H2,1-3H3. The molecule has 0 aliphatic carbocycles. The summed E-state index contributed by atoms with van der Waals surface area (Å²) >= 11 is -0.446. The molecule has 0 aromatic rings. The van der Waals surface area contributed by atoms with Crippen LogP contribution in [-0.2, 0) is 0 Å². The van der Waals surface area contributed by atoms with Gasteiger partial charge in [-0.3, -0.25) is 0 Å². The second-order valence-corrected chi connectivity index (χ2v) is 7.58. The van der Waals surface area contributed by atoms with Crippen molar-refractivity contribution in [2.24, 2.45) is 0 Å². The first kappa shape index (κ1) is 7.75. The van der Waals surface area contributed by atoms with Crippen molar-refractivity contribution in [3.05, 3.63) is 0 Å². The van der Waals surface area contributed by atoms with Crippen LogP contribution in [0.3, 0.4) is 0 Å². The number of nitrogens with zero attached hydrogens (tertiary/aromatic N) is 1. The Morgan fingerprint density at radius 1 is 1.78 bits per heavy atom. The number of nitrogens with one attached hydrogen (secondary N) is 1. The van der Waals surface area contributed by atoms with E-state index in [-0.39, 0.29) is 0 Å². The fourth-order valence-electron chi connectivity index (χ4n) is 0.942. The van der Waals surface area contributed by atoms with Gasteiger partial charge in [0, 0.05) is 0 Å². The molecule has 2 unspecified atom stereocenters. The molecule has 0 radical (unpaired) electrons. The van der Waals surface area contributed by atoms with E-state index in [1.54, 1.807) is 0 Å². The van der Waals surface area contributed by atoms with Crippen molar-refractivity contribution in [3.63, 3.8) is 0 Å². The Morgan fingerprint density at radius 2 is 2.33 bits per heavy atom. The van der Waals surface area contributed by atoms with Crippen molar-refractivity contribution in [2.75, 3.05) is 23.1 Å². The van der Waals surface area contributed by atoms with Gasteiger partial charge >= 0.3 is 64.6 Å². The van der Waals surface area contributed by atoms with Crippen molar-refractivity contribution in [3.8, 4) is 0 Å². The molecule has 9 heavy (non-hydrogen) atoms. The molecule has 1 N–H and O–H groups in total. The van der Waals surface area contributed by atoms with Gasteiger partial charge in [-0.05, 0) is 0 Å². The summed E-state index contributed by atoms with van der Waals surface area (Å²) in [7, 11) is 2.02. The average Bonchev–Trinajstić information content (AvgIpc) is 2.47. The van der Waals surface area contributed by atoms with Gasteiger partial charge in [0.15, 0.2) is 0 Å². The molecule has 0 bridgehead atoms. The van der Waals surface area contributed by atoms with Gasteiger partial charge in [0.2, 0.25) is 0 Å². The number of hydrogen-bond donors (Lipinski definition) is 1. The van der Waals surface area contributed by atoms with Crippen LogP contribution in [0.2, 0.25) is 0 Å². The Hall–Kier alpha value is 0.650. The molecule has 2 nitrogen and oxygen atoms in total. The van der Waals surface area contributed by atoms with E-state index in [0.717, 1.165) is 12.6 Å². The predicted octanol–water partition coefficient (Wildman–Crippen LogP) is 0.919. The Kier molecular flexibility index (Phi) is 2.73. The van der Waals surface area contributed by atoms with E-state index >= 15 is 0 Å². The molecular weight excluding hydrogens is 227 g/mol. The van der Waals surface area contributed by atoms with Crippen molar-refractivity contribution >= 4 is 20.1 Å². The van der Waals surface area contributed by atoms with E-state index in [9.17, 15) is 0 Å². The van der Waals surface area contributed by atoms with Crippen LogP contribution < -0.4 is 5.32 Å². The maximum absolute atomic E-state index is 3.19. The normalized spacial score (nSPS) is 32.3. The molecule has 1 aliphatic rings. The minimum atomic E-state index is -0.446. The van der Waals surface area contributed by atoms with E-state index in [0.29, 0.717) is 0 Å². The van der Waals surface area contributed by atoms with E-state index in [1.165, 1.54) is 4.55 Å². The summed E-state index contributed by atoms with van der Waals surface area (Å²) in [5.41, 5.74) is 0.